The van der Waals surface area contributed by atoms with Gasteiger partial charge >= 0.3 is 0 Å². The summed E-state index contributed by atoms with van der Waals surface area (Å²) in [7, 11) is 0. The van der Waals surface area contributed by atoms with E-state index in [-0.39, 0.29) is 0 Å². The molecule has 1 N–H and O–H groups in total. The maximum atomic E-state index is 4.33. The molecule has 0 amide bonds. The highest BCUT2D eigenvalue weighted by molar-refractivity contribution is 5.80. The van der Waals surface area contributed by atoms with E-state index in [1.807, 2.05) is 6.07 Å². The topological polar surface area (TPSA) is 28.1 Å². The highest BCUT2D eigenvalue weighted by Crippen LogP contribution is 2.04. The molecule has 2 nitrogen and oxygen atoms in total. The van der Waals surface area contributed by atoms with Crippen molar-refractivity contribution in [3.63, 3.8) is 0 Å². The first kappa shape index (κ1) is 6.00. The monoisotopic (exact) mass is 156 g/mol. The minimum Gasteiger partial charge on any atom is -0.340 e. The number of benzene rings is 1. The summed E-state index contributed by atoms with van der Waals surface area (Å²) in [5.74, 6) is 0. The highest BCUT2D eigenvalue weighted by atomic mass is 14.9. The second-order valence-electron chi connectivity index (χ2n) is 2.98. The number of aromatic nitrogens is 1. The summed E-state index contributed by atoms with van der Waals surface area (Å²) in [6.07, 6.45) is 2.16. The van der Waals surface area contributed by atoms with Crippen LogP contribution in [0.25, 0.3) is 17.0 Å². The molecule has 2 heteroatoms. The molecule has 0 atom stereocenters. The second-order valence-corrected chi connectivity index (χ2v) is 2.98. The predicted molar refractivity (Wildman–Crippen MR) is 48.4 cm³/mol. The van der Waals surface area contributed by atoms with Crippen LogP contribution in [0.3, 0.4) is 0 Å². The molecule has 12 heavy (non-hydrogen) atoms. The van der Waals surface area contributed by atoms with Crippen LogP contribution in [0.4, 0.5) is 0 Å². The SMILES string of the molecule is C1=c2c([nH]c3ccccc23)=NC1. The van der Waals surface area contributed by atoms with E-state index in [9.17, 15) is 0 Å². The van der Waals surface area contributed by atoms with Gasteiger partial charge in [-0.15, -0.1) is 0 Å². The van der Waals surface area contributed by atoms with Crippen LogP contribution in [0.1, 0.15) is 0 Å². The summed E-state index contributed by atoms with van der Waals surface area (Å²) in [6.45, 7) is 0.825. The van der Waals surface area contributed by atoms with Crippen LogP contribution in [0, 0.1) is 0 Å². The van der Waals surface area contributed by atoms with Gasteiger partial charge in [0.15, 0.2) is 0 Å². The molecule has 1 aromatic heterocycles. The fourth-order valence-corrected chi connectivity index (χ4v) is 1.71. The zero-order chi connectivity index (χ0) is 7.97. The fraction of sp³-hybridized carbons (Fsp3) is 0.100. The number of H-pyrrole nitrogens is 1. The number of hydrogen-bond acceptors (Lipinski definition) is 1. The van der Waals surface area contributed by atoms with Crippen molar-refractivity contribution in [2.45, 2.75) is 0 Å². The van der Waals surface area contributed by atoms with Crippen molar-refractivity contribution < 1.29 is 0 Å². The summed E-state index contributed by atoms with van der Waals surface area (Å²) in [5.41, 5.74) is 2.22. The molecule has 0 bridgehead atoms. The third-order valence-electron chi connectivity index (χ3n) is 2.27. The first-order valence-electron chi connectivity index (χ1n) is 4.06. The Balaban J connectivity index is 2.71. The molecule has 0 aliphatic carbocycles. The standard InChI is InChI=1S/C10H8N2/c1-2-4-9-7(3-1)8-5-6-11-10(8)12-9/h1-5H,6H2,(H,11,12). The molecule has 0 fully saturated rings. The van der Waals surface area contributed by atoms with Crippen molar-refractivity contribution in [1.29, 1.82) is 0 Å². The third kappa shape index (κ3) is 0.619. The van der Waals surface area contributed by atoms with E-state index in [0.717, 1.165) is 12.0 Å². The van der Waals surface area contributed by atoms with Crippen molar-refractivity contribution in [3.8, 4) is 0 Å². The smallest absolute Gasteiger partial charge is 0.133 e. The van der Waals surface area contributed by atoms with Gasteiger partial charge in [-0.1, -0.05) is 24.3 Å². The Morgan fingerprint density at radius 1 is 1.25 bits per heavy atom. The third-order valence-corrected chi connectivity index (χ3v) is 2.27. The maximum Gasteiger partial charge on any atom is 0.133 e. The molecule has 0 radical (unpaired) electrons. The maximum absolute atomic E-state index is 4.33. The van der Waals surface area contributed by atoms with E-state index in [2.05, 4.69) is 34.3 Å². The zero-order valence-electron chi connectivity index (χ0n) is 6.54. The molecule has 0 saturated carbocycles. The Hall–Kier alpha value is -1.57. The second kappa shape index (κ2) is 1.97. The minimum absolute atomic E-state index is 0.825. The summed E-state index contributed by atoms with van der Waals surface area (Å²) < 4.78 is 0. The van der Waals surface area contributed by atoms with Crippen molar-refractivity contribution >= 4 is 17.0 Å². The number of nitrogens with zero attached hydrogens (tertiary/aromatic N) is 1. The van der Waals surface area contributed by atoms with Gasteiger partial charge in [-0.3, -0.25) is 4.99 Å². The normalized spacial score (nSPS) is 14.0. The van der Waals surface area contributed by atoms with Gasteiger partial charge in [0.25, 0.3) is 0 Å². The lowest BCUT2D eigenvalue weighted by Crippen LogP contribution is -2.18. The van der Waals surface area contributed by atoms with E-state index < -0.39 is 0 Å². The molecule has 3 rings (SSSR count). The lowest BCUT2D eigenvalue weighted by Gasteiger charge is -1.85. The molecule has 0 saturated heterocycles. The number of aromatic amines is 1. The number of para-hydroxylation sites is 1. The largest absolute Gasteiger partial charge is 0.340 e. The van der Waals surface area contributed by atoms with Crippen LogP contribution >= 0.6 is 0 Å². The fourth-order valence-electron chi connectivity index (χ4n) is 1.71. The van der Waals surface area contributed by atoms with Gasteiger partial charge in [0.1, 0.15) is 5.49 Å². The molecule has 2 heterocycles. The van der Waals surface area contributed by atoms with Crippen molar-refractivity contribution in [2.24, 2.45) is 4.99 Å². The van der Waals surface area contributed by atoms with Crippen LogP contribution in [0.5, 0.6) is 0 Å². The van der Waals surface area contributed by atoms with Gasteiger partial charge in [0.2, 0.25) is 0 Å². The molecule has 58 valence electrons. The van der Waals surface area contributed by atoms with E-state index in [1.54, 1.807) is 0 Å². The van der Waals surface area contributed by atoms with Gasteiger partial charge < -0.3 is 4.98 Å². The Morgan fingerprint density at radius 2 is 2.17 bits per heavy atom. The van der Waals surface area contributed by atoms with Crippen LogP contribution in [0.15, 0.2) is 29.3 Å². The Kier molecular flexibility index (Phi) is 0.987. The van der Waals surface area contributed by atoms with Crippen LogP contribution in [-0.2, 0) is 0 Å². The minimum atomic E-state index is 0.825. The molecular weight excluding hydrogens is 148 g/mol. The quantitative estimate of drug-likeness (QED) is 0.578. The zero-order valence-corrected chi connectivity index (χ0v) is 6.54. The summed E-state index contributed by atoms with van der Waals surface area (Å²) in [4.78, 5) is 7.60. The number of hydrogen-bond donors (Lipinski definition) is 1. The van der Waals surface area contributed by atoms with Crippen LogP contribution < -0.4 is 10.7 Å². The molecule has 1 aliphatic heterocycles. The van der Waals surface area contributed by atoms with Gasteiger partial charge in [-0.25, -0.2) is 0 Å². The number of nitrogens with one attached hydrogen (secondary N) is 1. The lowest BCUT2D eigenvalue weighted by atomic mass is 10.2. The van der Waals surface area contributed by atoms with E-state index in [1.165, 1.54) is 16.1 Å². The first-order chi connectivity index (χ1) is 5.95. The number of fused-ring (bicyclic) bond motifs is 3. The van der Waals surface area contributed by atoms with Crippen molar-refractivity contribution in [3.05, 3.63) is 35.0 Å². The van der Waals surface area contributed by atoms with Crippen LogP contribution in [-0.4, -0.2) is 11.5 Å². The van der Waals surface area contributed by atoms with Crippen molar-refractivity contribution in [1.82, 2.24) is 4.98 Å². The molecular formula is C10H8N2. The molecule has 0 spiro atoms. The van der Waals surface area contributed by atoms with E-state index >= 15 is 0 Å². The van der Waals surface area contributed by atoms with Gasteiger partial charge in [0.05, 0.1) is 6.54 Å². The van der Waals surface area contributed by atoms with Crippen LogP contribution in [0.2, 0.25) is 0 Å². The Labute approximate surface area is 69.3 Å². The molecule has 2 aromatic rings. The van der Waals surface area contributed by atoms with E-state index in [4.69, 9.17) is 0 Å². The molecule has 1 aliphatic rings. The highest BCUT2D eigenvalue weighted by Gasteiger charge is 2.02. The first-order valence-corrected chi connectivity index (χ1v) is 4.06. The van der Waals surface area contributed by atoms with Gasteiger partial charge in [-0.05, 0) is 6.07 Å². The summed E-state index contributed by atoms with van der Waals surface area (Å²) in [6, 6.07) is 8.30. The molecule has 0 unspecified atom stereocenters. The number of rotatable bonds is 0. The van der Waals surface area contributed by atoms with Gasteiger partial charge in [-0.2, -0.15) is 0 Å². The average molecular weight is 156 g/mol. The van der Waals surface area contributed by atoms with E-state index in [0.29, 0.717) is 0 Å². The summed E-state index contributed by atoms with van der Waals surface area (Å²) >= 11 is 0. The average Bonchev–Trinajstić information content (AvgIpc) is 2.62. The van der Waals surface area contributed by atoms with Gasteiger partial charge in [0, 0.05) is 16.1 Å². The Bertz CT molecular complexity index is 549. The predicted octanol–water partition coefficient (Wildman–Crippen LogP) is 0.582. The van der Waals surface area contributed by atoms with Crippen molar-refractivity contribution in [2.75, 3.05) is 6.54 Å². The lowest BCUT2D eigenvalue weighted by molar-refractivity contribution is 1.15. The molecule has 1 aromatic carbocycles. The Morgan fingerprint density at radius 3 is 3.17 bits per heavy atom. The summed E-state index contributed by atoms with van der Waals surface area (Å²) in [5, 5.41) is 2.55.